The van der Waals surface area contributed by atoms with Crippen LogP contribution in [0.2, 0.25) is 0 Å². The third-order valence-electron chi connectivity index (χ3n) is 4.04. The van der Waals surface area contributed by atoms with E-state index in [1.54, 1.807) is 30.8 Å². The Morgan fingerprint density at radius 1 is 1.42 bits per heavy atom. The van der Waals surface area contributed by atoms with E-state index in [1.807, 2.05) is 0 Å². The third kappa shape index (κ3) is 4.28. The molecule has 3 rings (SSSR count). The Morgan fingerprint density at radius 2 is 2.27 bits per heavy atom. The van der Waals surface area contributed by atoms with Crippen molar-refractivity contribution in [2.45, 2.75) is 39.1 Å². The normalized spacial score (nSPS) is 17.3. The van der Waals surface area contributed by atoms with Crippen molar-refractivity contribution in [3.63, 3.8) is 0 Å². The predicted molar refractivity (Wildman–Crippen MR) is 96.3 cm³/mol. The number of halogens is 1. The summed E-state index contributed by atoms with van der Waals surface area (Å²) in [7, 11) is 1.79. The van der Waals surface area contributed by atoms with E-state index in [9.17, 15) is 4.79 Å². The van der Waals surface area contributed by atoms with Crippen LogP contribution in [0, 0.1) is 0 Å². The second-order valence-corrected chi connectivity index (χ2v) is 6.72. The number of esters is 1. The molecule has 0 saturated carbocycles. The number of aromatic nitrogens is 4. The zero-order valence-electron chi connectivity index (χ0n) is 14.8. The summed E-state index contributed by atoms with van der Waals surface area (Å²) in [5, 5.41) is 8.26. The summed E-state index contributed by atoms with van der Waals surface area (Å²) in [4.78, 5) is 16.5. The van der Waals surface area contributed by atoms with Gasteiger partial charge in [0, 0.05) is 13.7 Å². The van der Waals surface area contributed by atoms with Gasteiger partial charge in [0.05, 0.1) is 29.1 Å². The minimum Gasteiger partial charge on any atom is -0.461 e. The number of nitrogens with zero attached hydrogens (tertiary/aromatic N) is 4. The summed E-state index contributed by atoms with van der Waals surface area (Å²) in [6.45, 7) is 3.05. The fraction of sp³-hybridized carbons (Fsp3) is 0.529. The standard InChI is InChI=1S/C17H21BrN4O4/c1-3-24-17(23)15-11(18)7-8-12(19-15)16-13(22(2)21-20-16)10-26-14-6-4-5-9-25-14/h7-8,14H,3-6,9-10H2,1-2H3. The number of carbonyl (C=O) groups excluding carboxylic acids is 1. The highest BCUT2D eigenvalue weighted by atomic mass is 79.9. The lowest BCUT2D eigenvalue weighted by molar-refractivity contribution is -0.169. The molecule has 0 radical (unpaired) electrons. The Kier molecular flexibility index (Phi) is 6.33. The molecule has 9 heteroatoms. The zero-order valence-corrected chi connectivity index (χ0v) is 16.4. The van der Waals surface area contributed by atoms with Gasteiger partial charge >= 0.3 is 5.97 Å². The fourth-order valence-electron chi connectivity index (χ4n) is 2.67. The molecule has 0 aliphatic carbocycles. The van der Waals surface area contributed by atoms with Gasteiger partial charge in [0.1, 0.15) is 5.69 Å². The average Bonchev–Trinajstić information content (AvgIpc) is 3.02. The molecule has 2 aromatic rings. The van der Waals surface area contributed by atoms with Gasteiger partial charge in [-0.25, -0.2) is 14.5 Å². The summed E-state index contributed by atoms with van der Waals surface area (Å²) in [5.74, 6) is -0.487. The lowest BCUT2D eigenvalue weighted by Crippen LogP contribution is -2.22. The maximum Gasteiger partial charge on any atom is 0.358 e. The van der Waals surface area contributed by atoms with E-state index in [0.29, 0.717) is 22.5 Å². The van der Waals surface area contributed by atoms with Crippen molar-refractivity contribution in [2.24, 2.45) is 7.05 Å². The van der Waals surface area contributed by atoms with E-state index in [-0.39, 0.29) is 18.6 Å². The van der Waals surface area contributed by atoms with Crippen LogP contribution in [-0.2, 0) is 27.9 Å². The minimum atomic E-state index is -0.487. The summed E-state index contributed by atoms with van der Waals surface area (Å²) in [6.07, 6.45) is 2.83. The Labute approximate surface area is 160 Å². The number of hydrogen-bond donors (Lipinski definition) is 0. The lowest BCUT2D eigenvalue weighted by atomic mass is 10.2. The molecule has 1 fully saturated rings. The predicted octanol–water partition coefficient (Wildman–Crippen LogP) is 2.86. The molecule has 0 amide bonds. The van der Waals surface area contributed by atoms with Crippen LogP contribution in [-0.4, -0.2) is 45.5 Å². The minimum absolute atomic E-state index is 0.206. The molecule has 0 spiro atoms. The zero-order chi connectivity index (χ0) is 18.5. The van der Waals surface area contributed by atoms with E-state index < -0.39 is 5.97 Å². The molecular weight excluding hydrogens is 404 g/mol. The second-order valence-electron chi connectivity index (χ2n) is 5.86. The molecule has 26 heavy (non-hydrogen) atoms. The molecule has 0 bridgehead atoms. The van der Waals surface area contributed by atoms with E-state index >= 15 is 0 Å². The highest BCUT2D eigenvalue weighted by Gasteiger charge is 2.21. The Morgan fingerprint density at radius 3 is 3.00 bits per heavy atom. The number of rotatable bonds is 6. The molecular formula is C17H21BrN4O4. The molecule has 1 atom stereocenters. The maximum absolute atomic E-state index is 12.1. The second kappa shape index (κ2) is 8.70. The Balaban J connectivity index is 1.83. The fourth-order valence-corrected chi connectivity index (χ4v) is 3.05. The number of aryl methyl sites for hydroxylation is 1. The molecule has 0 aromatic carbocycles. The molecule has 3 heterocycles. The summed E-state index contributed by atoms with van der Waals surface area (Å²) >= 11 is 3.33. The van der Waals surface area contributed by atoms with Crippen LogP contribution in [0.5, 0.6) is 0 Å². The van der Waals surface area contributed by atoms with E-state index in [1.165, 1.54) is 0 Å². The molecule has 8 nitrogen and oxygen atoms in total. The van der Waals surface area contributed by atoms with Crippen LogP contribution in [0.1, 0.15) is 42.4 Å². The van der Waals surface area contributed by atoms with Gasteiger partial charge in [-0.15, -0.1) is 5.10 Å². The van der Waals surface area contributed by atoms with Crippen LogP contribution in [0.4, 0.5) is 0 Å². The van der Waals surface area contributed by atoms with Gasteiger partial charge in [-0.05, 0) is 54.2 Å². The first-order valence-corrected chi connectivity index (χ1v) is 9.35. The van der Waals surface area contributed by atoms with Crippen LogP contribution in [0.25, 0.3) is 11.4 Å². The molecule has 140 valence electrons. The molecule has 0 N–H and O–H groups in total. The van der Waals surface area contributed by atoms with Gasteiger partial charge in [-0.1, -0.05) is 5.21 Å². The first-order valence-electron chi connectivity index (χ1n) is 8.56. The van der Waals surface area contributed by atoms with E-state index in [4.69, 9.17) is 14.2 Å². The smallest absolute Gasteiger partial charge is 0.358 e. The van der Waals surface area contributed by atoms with Crippen LogP contribution in [0.3, 0.4) is 0 Å². The summed E-state index contributed by atoms with van der Waals surface area (Å²) in [6, 6.07) is 3.52. The van der Waals surface area contributed by atoms with Crippen LogP contribution < -0.4 is 0 Å². The van der Waals surface area contributed by atoms with Crippen molar-refractivity contribution < 1.29 is 19.0 Å². The highest BCUT2D eigenvalue weighted by Crippen LogP contribution is 2.25. The number of ether oxygens (including phenoxy) is 3. The van der Waals surface area contributed by atoms with Gasteiger partial charge in [-0.3, -0.25) is 0 Å². The van der Waals surface area contributed by atoms with Gasteiger partial charge in [-0.2, -0.15) is 0 Å². The molecule has 2 aromatic heterocycles. The quantitative estimate of drug-likeness (QED) is 0.658. The van der Waals surface area contributed by atoms with Crippen molar-refractivity contribution in [1.29, 1.82) is 0 Å². The van der Waals surface area contributed by atoms with Crippen molar-refractivity contribution in [2.75, 3.05) is 13.2 Å². The summed E-state index contributed by atoms with van der Waals surface area (Å²) < 4.78 is 18.7. The van der Waals surface area contributed by atoms with Gasteiger partial charge in [0.25, 0.3) is 0 Å². The first-order chi connectivity index (χ1) is 12.6. The topological polar surface area (TPSA) is 88.4 Å². The van der Waals surface area contributed by atoms with Crippen molar-refractivity contribution in [1.82, 2.24) is 20.0 Å². The maximum atomic E-state index is 12.1. The molecule has 1 saturated heterocycles. The Hall–Kier alpha value is -1.84. The SMILES string of the molecule is CCOC(=O)c1nc(-c2nnn(C)c2COC2CCCCO2)ccc1Br. The van der Waals surface area contributed by atoms with Gasteiger partial charge in [0.2, 0.25) is 0 Å². The van der Waals surface area contributed by atoms with Crippen molar-refractivity contribution >= 4 is 21.9 Å². The number of pyridine rings is 1. The first kappa shape index (κ1) is 18.9. The number of carbonyl (C=O) groups is 1. The van der Waals surface area contributed by atoms with E-state index in [0.717, 1.165) is 31.6 Å². The molecule has 1 aliphatic rings. The van der Waals surface area contributed by atoms with Crippen LogP contribution in [0.15, 0.2) is 16.6 Å². The highest BCUT2D eigenvalue weighted by molar-refractivity contribution is 9.10. The van der Waals surface area contributed by atoms with Crippen LogP contribution >= 0.6 is 15.9 Å². The third-order valence-corrected chi connectivity index (χ3v) is 4.68. The van der Waals surface area contributed by atoms with Crippen molar-refractivity contribution in [3.8, 4) is 11.4 Å². The largest absolute Gasteiger partial charge is 0.461 e. The van der Waals surface area contributed by atoms with Gasteiger partial charge < -0.3 is 14.2 Å². The lowest BCUT2D eigenvalue weighted by Gasteiger charge is -2.22. The monoisotopic (exact) mass is 424 g/mol. The Bertz CT molecular complexity index is 774. The van der Waals surface area contributed by atoms with Gasteiger partial charge in [0.15, 0.2) is 12.0 Å². The van der Waals surface area contributed by atoms with Crippen molar-refractivity contribution in [3.05, 3.63) is 28.0 Å². The average molecular weight is 425 g/mol. The van der Waals surface area contributed by atoms with E-state index in [2.05, 4.69) is 31.2 Å². The summed E-state index contributed by atoms with van der Waals surface area (Å²) in [5.41, 5.74) is 2.08. The molecule has 1 aliphatic heterocycles. The molecule has 1 unspecified atom stereocenters. The number of hydrogen-bond acceptors (Lipinski definition) is 7.